The Bertz CT molecular complexity index is 617. The molecule has 1 fully saturated rings. The van der Waals surface area contributed by atoms with Crippen molar-refractivity contribution in [1.82, 2.24) is 10.2 Å². The SMILES string of the molecule is CCCOc1cccc(CCN=C(NCC)N2CCC(C(=O)OC)CC2)c1.I. The number of nitrogens with one attached hydrogen (secondary N) is 1. The van der Waals surface area contributed by atoms with Crippen LogP contribution in [0.5, 0.6) is 5.75 Å². The third-order valence-corrected chi connectivity index (χ3v) is 4.70. The summed E-state index contributed by atoms with van der Waals surface area (Å²) >= 11 is 0. The van der Waals surface area contributed by atoms with Gasteiger partial charge in [-0.25, -0.2) is 0 Å². The van der Waals surface area contributed by atoms with Gasteiger partial charge in [0.25, 0.3) is 0 Å². The third-order valence-electron chi connectivity index (χ3n) is 4.70. The number of carbonyl (C=O) groups excluding carboxylic acids is 1. The largest absolute Gasteiger partial charge is 0.494 e. The van der Waals surface area contributed by atoms with Crippen LogP contribution in [0.4, 0.5) is 0 Å². The van der Waals surface area contributed by atoms with E-state index in [9.17, 15) is 4.79 Å². The number of hydrogen-bond acceptors (Lipinski definition) is 4. The van der Waals surface area contributed by atoms with Crippen molar-refractivity contribution in [3.8, 4) is 5.75 Å². The maximum atomic E-state index is 11.7. The van der Waals surface area contributed by atoms with Gasteiger partial charge in [-0.2, -0.15) is 0 Å². The van der Waals surface area contributed by atoms with Crippen LogP contribution in [0.15, 0.2) is 29.3 Å². The Morgan fingerprint density at radius 1 is 1.29 bits per heavy atom. The summed E-state index contributed by atoms with van der Waals surface area (Å²) in [6.07, 6.45) is 3.51. The quantitative estimate of drug-likeness (QED) is 0.255. The van der Waals surface area contributed by atoms with E-state index in [1.54, 1.807) is 0 Å². The second-order valence-corrected chi connectivity index (χ2v) is 6.77. The molecule has 1 N–H and O–H groups in total. The number of nitrogens with zero attached hydrogens (tertiary/aromatic N) is 2. The molecule has 1 aromatic rings. The Balaban J connectivity index is 0.00000392. The fourth-order valence-corrected chi connectivity index (χ4v) is 3.22. The van der Waals surface area contributed by atoms with E-state index in [1.807, 2.05) is 12.1 Å². The number of aliphatic imine (C=N–C) groups is 1. The smallest absolute Gasteiger partial charge is 0.308 e. The lowest BCUT2D eigenvalue weighted by Crippen LogP contribution is -2.46. The van der Waals surface area contributed by atoms with Crippen molar-refractivity contribution in [3.05, 3.63) is 29.8 Å². The molecular weight excluding hydrogens is 469 g/mol. The summed E-state index contributed by atoms with van der Waals surface area (Å²) < 4.78 is 10.6. The Hall–Kier alpha value is -1.51. The first-order chi connectivity index (χ1) is 13.2. The summed E-state index contributed by atoms with van der Waals surface area (Å²) in [5.74, 6) is 1.77. The van der Waals surface area contributed by atoms with Gasteiger partial charge in [-0.15, -0.1) is 24.0 Å². The first-order valence-electron chi connectivity index (χ1n) is 10.0. The van der Waals surface area contributed by atoms with Crippen LogP contribution in [-0.4, -0.2) is 56.7 Å². The fraction of sp³-hybridized carbons (Fsp3) is 0.619. The molecule has 1 saturated heterocycles. The van der Waals surface area contributed by atoms with Crippen molar-refractivity contribution < 1.29 is 14.3 Å². The maximum absolute atomic E-state index is 11.7. The highest BCUT2D eigenvalue weighted by molar-refractivity contribution is 14.0. The molecule has 0 spiro atoms. The van der Waals surface area contributed by atoms with Gasteiger partial charge in [0.15, 0.2) is 5.96 Å². The molecule has 1 heterocycles. The summed E-state index contributed by atoms with van der Waals surface area (Å²) in [7, 11) is 1.46. The first kappa shape index (κ1) is 24.5. The van der Waals surface area contributed by atoms with Crippen LogP contribution in [0.1, 0.15) is 38.7 Å². The summed E-state index contributed by atoms with van der Waals surface area (Å²) in [5, 5.41) is 3.37. The number of methoxy groups -OCH3 is 1. The molecule has 1 aliphatic rings. The molecule has 1 aliphatic heterocycles. The van der Waals surface area contributed by atoms with Gasteiger partial charge in [0.2, 0.25) is 0 Å². The van der Waals surface area contributed by atoms with Gasteiger partial charge >= 0.3 is 5.97 Å². The van der Waals surface area contributed by atoms with Crippen molar-refractivity contribution in [2.75, 3.05) is 39.9 Å². The van der Waals surface area contributed by atoms with Crippen molar-refractivity contribution in [2.24, 2.45) is 10.9 Å². The van der Waals surface area contributed by atoms with E-state index in [0.29, 0.717) is 0 Å². The van der Waals surface area contributed by atoms with Gasteiger partial charge in [0.1, 0.15) is 5.75 Å². The minimum Gasteiger partial charge on any atom is -0.494 e. The highest BCUT2D eigenvalue weighted by Crippen LogP contribution is 2.19. The van der Waals surface area contributed by atoms with Crippen LogP contribution in [0.3, 0.4) is 0 Å². The second-order valence-electron chi connectivity index (χ2n) is 6.77. The van der Waals surface area contributed by atoms with Crippen molar-refractivity contribution >= 4 is 35.9 Å². The third kappa shape index (κ3) is 7.85. The number of rotatable bonds is 8. The molecule has 1 aromatic carbocycles. The Labute approximate surface area is 186 Å². The average Bonchev–Trinajstić information content (AvgIpc) is 2.71. The monoisotopic (exact) mass is 503 g/mol. The second kappa shape index (κ2) is 13.6. The number of benzene rings is 1. The number of likely N-dealkylation sites (tertiary alicyclic amines) is 1. The molecule has 6 nitrogen and oxygen atoms in total. The van der Waals surface area contributed by atoms with Crippen LogP contribution < -0.4 is 10.1 Å². The Kier molecular flexibility index (Phi) is 11.9. The zero-order valence-corrected chi connectivity index (χ0v) is 19.6. The Morgan fingerprint density at radius 2 is 2.04 bits per heavy atom. The van der Waals surface area contributed by atoms with E-state index in [2.05, 4.69) is 36.2 Å². The molecule has 0 aromatic heterocycles. The molecule has 7 heteroatoms. The van der Waals surface area contributed by atoms with Crippen LogP contribution in [0, 0.1) is 5.92 Å². The van der Waals surface area contributed by atoms with Crippen LogP contribution >= 0.6 is 24.0 Å². The zero-order valence-electron chi connectivity index (χ0n) is 17.3. The number of esters is 1. The predicted octanol–water partition coefficient (Wildman–Crippen LogP) is 3.49. The number of halogens is 1. The summed E-state index contributed by atoms with van der Waals surface area (Å²) in [5.41, 5.74) is 1.23. The summed E-state index contributed by atoms with van der Waals surface area (Å²) in [4.78, 5) is 18.7. The standard InChI is InChI=1S/C21H33N3O3.HI/c1-4-15-27-19-8-6-7-17(16-19)9-12-23-21(22-5-2)24-13-10-18(11-14-24)20(25)26-3;/h6-8,16,18H,4-5,9-15H2,1-3H3,(H,22,23);1H. The lowest BCUT2D eigenvalue weighted by atomic mass is 9.97. The van der Waals surface area contributed by atoms with E-state index < -0.39 is 0 Å². The molecule has 0 saturated carbocycles. The van der Waals surface area contributed by atoms with Crippen LogP contribution in [0.2, 0.25) is 0 Å². The first-order valence-corrected chi connectivity index (χ1v) is 10.0. The van der Waals surface area contributed by atoms with Crippen molar-refractivity contribution in [1.29, 1.82) is 0 Å². The molecular formula is C21H34IN3O3. The molecule has 0 amide bonds. The topological polar surface area (TPSA) is 63.2 Å². The summed E-state index contributed by atoms with van der Waals surface area (Å²) in [6, 6.07) is 8.24. The number of carbonyl (C=O) groups is 1. The minimum atomic E-state index is -0.0956. The van der Waals surface area contributed by atoms with Gasteiger partial charge in [0, 0.05) is 26.2 Å². The maximum Gasteiger partial charge on any atom is 0.308 e. The lowest BCUT2D eigenvalue weighted by molar-refractivity contribution is -0.146. The molecule has 0 radical (unpaired) electrons. The normalized spacial score (nSPS) is 15.0. The molecule has 0 atom stereocenters. The number of ether oxygens (including phenoxy) is 2. The molecule has 158 valence electrons. The number of piperidine rings is 1. The van der Waals surface area contributed by atoms with Crippen molar-refractivity contribution in [3.63, 3.8) is 0 Å². The van der Waals surface area contributed by atoms with Gasteiger partial charge in [0.05, 0.1) is 19.6 Å². The highest BCUT2D eigenvalue weighted by atomic mass is 127. The summed E-state index contributed by atoms with van der Waals surface area (Å²) in [6.45, 7) is 8.12. The predicted molar refractivity (Wildman–Crippen MR) is 124 cm³/mol. The van der Waals surface area contributed by atoms with E-state index in [0.717, 1.165) is 70.2 Å². The van der Waals surface area contributed by atoms with Gasteiger partial charge < -0.3 is 19.7 Å². The molecule has 0 unspecified atom stereocenters. The number of guanidine groups is 1. The average molecular weight is 503 g/mol. The van der Waals surface area contributed by atoms with Gasteiger partial charge in [-0.1, -0.05) is 19.1 Å². The van der Waals surface area contributed by atoms with Crippen LogP contribution in [0.25, 0.3) is 0 Å². The molecule has 0 bridgehead atoms. The molecule has 2 rings (SSSR count). The molecule has 0 aliphatic carbocycles. The molecule has 28 heavy (non-hydrogen) atoms. The van der Waals surface area contributed by atoms with Gasteiger partial charge in [-0.05, 0) is 50.3 Å². The highest BCUT2D eigenvalue weighted by Gasteiger charge is 2.26. The zero-order chi connectivity index (χ0) is 19.5. The Morgan fingerprint density at radius 3 is 2.68 bits per heavy atom. The van der Waals surface area contributed by atoms with E-state index >= 15 is 0 Å². The number of hydrogen-bond donors (Lipinski definition) is 1. The van der Waals surface area contributed by atoms with E-state index in [-0.39, 0.29) is 35.9 Å². The van der Waals surface area contributed by atoms with E-state index in [1.165, 1.54) is 12.7 Å². The fourth-order valence-electron chi connectivity index (χ4n) is 3.22. The minimum absolute atomic E-state index is 0. The van der Waals surface area contributed by atoms with E-state index in [4.69, 9.17) is 14.5 Å². The van der Waals surface area contributed by atoms with Gasteiger partial charge in [-0.3, -0.25) is 9.79 Å². The van der Waals surface area contributed by atoms with Crippen LogP contribution in [-0.2, 0) is 16.0 Å². The lowest BCUT2D eigenvalue weighted by Gasteiger charge is -2.33. The van der Waals surface area contributed by atoms with Crippen molar-refractivity contribution in [2.45, 2.75) is 39.5 Å².